The highest BCUT2D eigenvalue weighted by atomic mass is 16.1. The third-order valence-corrected chi connectivity index (χ3v) is 4.46. The van der Waals surface area contributed by atoms with Gasteiger partial charge >= 0.3 is 0 Å². The maximum Gasteiger partial charge on any atom is 0.194 e. The minimum absolute atomic E-state index is 0.0277. The second-order valence-corrected chi connectivity index (χ2v) is 5.75. The molecule has 0 fully saturated rings. The number of rotatable bonds is 0. The molecule has 3 aromatic rings. The topological polar surface area (TPSA) is 34.1 Å². The van der Waals surface area contributed by atoms with Gasteiger partial charge in [0.1, 0.15) is 0 Å². The van der Waals surface area contributed by atoms with Crippen molar-refractivity contribution in [2.75, 3.05) is 0 Å². The van der Waals surface area contributed by atoms with Crippen LogP contribution < -0.4 is 0 Å². The summed E-state index contributed by atoms with van der Waals surface area (Å²) < 4.78 is 0. The van der Waals surface area contributed by atoms with Crippen LogP contribution in [0, 0.1) is 0 Å². The highest BCUT2D eigenvalue weighted by Crippen LogP contribution is 2.37. The summed E-state index contributed by atoms with van der Waals surface area (Å²) in [5, 5.41) is 1.99. The van der Waals surface area contributed by atoms with Crippen molar-refractivity contribution in [2.45, 2.75) is 6.42 Å². The standard InChI is InChI=1S/C19H10O2/c20-18-14-6-10-3-1-2-4-11(10)7-15(14)19(21)17-9-13-5-12(13)8-16(17)18/h1-4,6-9H,5H2. The first-order valence-corrected chi connectivity index (χ1v) is 7.00. The number of hydrogen-bond acceptors (Lipinski definition) is 2. The highest BCUT2D eigenvalue weighted by molar-refractivity contribution is 6.29. The molecule has 0 N–H and O–H groups in total. The molecule has 0 amide bonds. The lowest BCUT2D eigenvalue weighted by atomic mass is 9.83. The maximum atomic E-state index is 12.7. The van der Waals surface area contributed by atoms with E-state index in [2.05, 4.69) is 0 Å². The molecule has 0 spiro atoms. The maximum absolute atomic E-state index is 12.7. The quantitative estimate of drug-likeness (QED) is 0.431. The summed E-state index contributed by atoms with van der Waals surface area (Å²) in [6.45, 7) is 0. The molecule has 0 aliphatic heterocycles. The Kier molecular flexibility index (Phi) is 1.81. The molecule has 0 bridgehead atoms. The number of fused-ring (bicyclic) bond motifs is 4. The fourth-order valence-electron chi connectivity index (χ4n) is 3.23. The van der Waals surface area contributed by atoms with Gasteiger partial charge in [-0.25, -0.2) is 0 Å². The zero-order chi connectivity index (χ0) is 14.1. The van der Waals surface area contributed by atoms with Crippen molar-refractivity contribution in [3.8, 4) is 0 Å². The Morgan fingerprint density at radius 3 is 1.52 bits per heavy atom. The van der Waals surface area contributed by atoms with E-state index in [1.165, 1.54) is 11.1 Å². The fraction of sp³-hybridized carbons (Fsp3) is 0.0526. The van der Waals surface area contributed by atoms with E-state index in [9.17, 15) is 9.59 Å². The lowest BCUT2D eigenvalue weighted by molar-refractivity contribution is 0.0979. The number of carbonyl (C=O) groups is 2. The molecule has 0 saturated heterocycles. The van der Waals surface area contributed by atoms with Crippen LogP contribution in [0.5, 0.6) is 0 Å². The van der Waals surface area contributed by atoms with Gasteiger partial charge in [0, 0.05) is 22.3 Å². The molecular formula is C19H10O2. The fourth-order valence-corrected chi connectivity index (χ4v) is 3.23. The molecule has 0 heterocycles. The first-order chi connectivity index (χ1) is 10.2. The van der Waals surface area contributed by atoms with Crippen molar-refractivity contribution in [2.24, 2.45) is 0 Å². The van der Waals surface area contributed by atoms with Crippen LogP contribution in [-0.4, -0.2) is 11.6 Å². The summed E-state index contributed by atoms with van der Waals surface area (Å²) in [7, 11) is 0. The molecular weight excluding hydrogens is 260 g/mol. The van der Waals surface area contributed by atoms with Gasteiger partial charge in [-0.1, -0.05) is 24.3 Å². The third-order valence-electron chi connectivity index (χ3n) is 4.46. The van der Waals surface area contributed by atoms with Gasteiger partial charge in [-0.05, 0) is 52.6 Å². The molecule has 98 valence electrons. The summed E-state index contributed by atoms with van der Waals surface area (Å²) >= 11 is 0. The molecule has 2 heteroatoms. The van der Waals surface area contributed by atoms with Gasteiger partial charge in [0.2, 0.25) is 0 Å². The highest BCUT2D eigenvalue weighted by Gasteiger charge is 2.33. The lowest BCUT2D eigenvalue weighted by Crippen LogP contribution is -2.20. The van der Waals surface area contributed by atoms with Crippen molar-refractivity contribution in [1.29, 1.82) is 0 Å². The molecule has 21 heavy (non-hydrogen) atoms. The largest absolute Gasteiger partial charge is 0.289 e. The van der Waals surface area contributed by atoms with Crippen molar-refractivity contribution < 1.29 is 9.59 Å². The van der Waals surface area contributed by atoms with Crippen LogP contribution in [0.2, 0.25) is 0 Å². The smallest absolute Gasteiger partial charge is 0.194 e. The van der Waals surface area contributed by atoms with Crippen LogP contribution in [0.25, 0.3) is 10.8 Å². The van der Waals surface area contributed by atoms with E-state index >= 15 is 0 Å². The van der Waals surface area contributed by atoms with Gasteiger partial charge in [-0.15, -0.1) is 0 Å². The minimum atomic E-state index is -0.0277. The number of ketones is 2. The zero-order valence-corrected chi connectivity index (χ0v) is 11.1. The van der Waals surface area contributed by atoms with Gasteiger partial charge in [-0.2, -0.15) is 0 Å². The molecule has 0 atom stereocenters. The van der Waals surface area contributed by atoms with E-state index in [1.54, 1.807) is 0 Å². The molecule has 2 aliphatic rings. The molecule has 0 aromatic heterocycles. The number of benzene rings is 3. The second kappa shape index (κ2) is 3.47. The average molecular weight is 270 g/mol. The molecule has 0 radical (unpaired) electrons. The van der Waals surface area contributed by atoms with Crippen molar-refractivity contribution in [3.63, 3.8) is 0 Å². The Morgan fingerprint density at radius 2 is 1.05 bits per heavy atom. The molecule has 5 rings (SSSR count). The molecule has 0 saturated carbocycles. The van der Waals surface area contributed by atoms with E-state index < -0.39 is 0 Å². The molecule has 3 aromatic carbocycles. The Bertz CT molecular complexity index is 916. The predicted octanol–water partition coefficient (Wildman–Crippen LogP) is 3.52. The van der Waals surface area contributed by atoms with E-state index in [-0.39, 0.29) is 11.6 Å². The van der Waals surface area contributed by atoms with Crippen LogP contribution in [0.15, 0.2) is 48.5 Å². The van der Waals surface area contributed by atoms with Crippen LogP contribution >= 0.6 is 0 Å². The van der Waals surface area contributed by atoms with Crippen LogP contribution in [0.1, 0.15) is 43.0 Å². The Hall–Kier alpha value is -2.74. The zero-order valence-electron chi connectivity index (χ0n) is 11.1. The van der Waals surface area contributed by atoms with Crippen LogP contribution in [0.3, 0.4) is 0 Å². The Balaban J connectivity index is 1.85. The van der Waals surface area contributed by atoms with Crippen LogP contribution in [-0.2, 0) is 6.42 Å². The Morgan fingerprint density at radius 1 is 0.619 bits per heavy atom. The summed E-state index contributed by atoms with van der Waals surface area (Å²) in [5.41, 5.74) is 4.59. The Labute approximate surface area is 121 Å². The summed E-state index contributed by atoms with van der Waals surface area (Å²) in [6, 6.07) is 15.3. The number of carbonyl (C=O) groups excluding carboxylic acids is 2. The van der Waals surface area contributed by atoms with Gasteiger partial charge in [0.05, 0.1) is 0 Å². The van der Waals surface area contributed by atoms with Gasteiger partial charge < -0.3 is 0 Å². The molecule has 2 aliphatic carbocycles. The van der Waals surface area contributed by atoms with Crippen molar-refractivity contribution in [3.05, 3.63) is 81.9 Å². The predicted molar refractivity (Wildman–Crippen MR) is 80.1 cm³/mol. The van der Waals surface area contributed by atoms with Gasteiger partial charge in [0.15, 0.2) is 11.6 Å². The van der Waals surface area contributed by atoms with E-state index in [0.717, 1.165) is 17.2 Å². The summed E-state index contributed by atoms with van der Waals surface area (Å²) in [5.74, 6) is -0.0555. The first-order valence-electron chi connectivity index (χ1n) is 7.00. The summed E-state index contributed by atoms with van der Waals surface area (Å²) in [6.07, 6.45) is 0.909. The first kappa shape index (κ1) is 11.0. The second-order valence-electron chi connectivity index (χ2n) is 5.75. The monoisotopic (exact) mass is 270 g/mol. The minimum Gasteiger partial charge on any atom is -0.289 e. The third kappa shape index (κ3) is 1.37. The van der Waals surface area contributed by atoms with Crippen molar-refractivity contribution >= 4 is 22.3 Å². The molecule has 2 nitrogen and oxygen atoms in total. The average Bonchev–Trinajstić information content (AvgIpc) is 3.28. The normalized spacial score (nSPS) is 14.7. The van der Waals surface area contributed by atoms with E-state index in [4.69, 9.17) is 0 Å². The SMILES string of the molecule is O=C1c2cc3c(cc2C(=O)c2cc4ccccc4cc21)C3. The van der Waals surface area contributed by atoms with Crippen LogP contribution in [0.4, 0.5) is 0 Å². The lowest BCUT2D eigenvalue weighted by Gasteiger charge is -2.17. The van der Waals surface area contributed by atoms with Crippen molar-refractivity contribution in [1.82, 2.24) is 0 Å². The number of hydrogen-bond donors (Lipinski definition) is 0. The molecule has 0 unspecified atom stereocenters. The van der Waals surface area contributed by atoms with E-state index in [1.807, 2.05) is 48.5 Å². The van der Waals surface area contributed by atoms with Gasteiger partial charge in [0.25, 0.3) is 0 Å². The summed E-state index contributed by atoms with van der Waals surface area (Å²) in [4.78, 5) is 25.4. The van der Waals surface area contributed by atoms with E-state index in [0.29, 0.717) is 22.3 Å². The van der Waals surface area contributed by atoms with Gasteiger partial charge in [-0.3, -0.25) is 9.59 Å².